The van der Waals surface area contributed by atoms with E-state index in [0.717, 1.165) is 5.56 Å². The molecule has 2 aromatic carbocycles. The van der Waals surface area contributed by atoms with Gasteiger partial charge in [0, 0.05) is 6.07 Å². The van der Waals surface area contributed by atoms with Gasteiger partial charge in [0.15, 0.2) is 11.3 Å². The third kappa shape index (κ3) is 2.76. The second-order valence-corrected chi connectivity index (χ2v) is 8.65. The van der Waals surface area contributed by atoms with E-state index >= 15 is 0 Å². The van der Waals surface area contributed by atoms with Crippen LogP contribution in [0.3, 0.4) is 0 Å². The van der Waals surface area contributed by atoms with E-state index < -0.39 is 5.41 Å². The largest absolute Gasteiger partial charge is 0.493 e. The van der Waals surface area contributed by atoms with Crippen LogP contribution in [-0.4, -0.2) is 18.0 Å². The first-order valence-electron chi connectivity index (χ1n) is 9.31. The Balaban J connectivity index is 1.80. The molecule has 3 aromatic rings. The number of anilines is 1. The van der Waals surface area contributed by atoms with Gasteiger partial charge in [0.25, 0.3) is 5.91 Å². The Kier molecular flexibility index (Phi) is 4.01. The smallest absolute Gasteiger partial charge is 0.256 e. The van der Waals surface area contributed by atoms with E-state index in [1.165, 1.54) is 10.6 Å². The van der Waals surface area contributed by atoms with Crippen LogP contribution in [0.1, 0.15) is 44.7 Å². The van der Waals surface area contributed by atoms with Gasteiger partial charge in [0.1, 0.15) is 10.9 Å². The molecular formula is C22H25N3O3. The monoisotopic (exact) mass is 379 g/mol. The van der Waals surface area contributed by atoms with Crippen LogP contribution in [0.5, 0.6) is 5.75 Å². The molecule has 0 radical (unpaired) electrons. The van der Waals surface area contributed by atoms with Crippen LogP contribution >= 0.6 is 0 Å². The molecule has 6 nitrogen and oxygen atoms in total. The molecule has 6 heteroatoms. The van der Waals surface area contributed by atoms with Crippen LogP contribution in [-0.2, 0) is 22.0 Å². The molecule has 0 aliphatic carbocycles. The quantitative estimate of drug-likeness (QED) is 0.552. The first-order valence-corrected chi connectivity index (χ1v) is 9.31. The van der Waals surface area contributed by atoms with Gasteiger partial charge in [0.2, 0.25) is 5.89 Å². The number of nitrogens with zero attached hydrogens (tertiary/aromatic N) is 2. The SMILES string of the molecule is COc1cc2cc3nc(oc13)C(C)(Cc1ccc(C(C)(C)C)cc1)C(=O)N2N. The van der Waals surface area contributed by atoms with Crippen molar-refractivity contribution >= 4 is 22.7 Å². The van der Waals surface area contributed by atoms with Gasteiger partial charge in [-0.3, -0.25) is 4.79 Å². The van der Waals surface area contributed by atoms with Crippen LogP contribution in [0, 0.1) is 0 Å². The number of amides is 1. The van der Waals surface area contributed by atoms with Gasteiger partial charge < -0.3 is 9.15 Å². The average Bonchev–Trinajstić information content (AvgIpc) is 3.11. The first-order chi connectivity index (χ1) is 13.1. The molecular weight excluding hydrogens is 354 g/mol. The number of methoxy groups -OCH3 is 1. The normalized spacial score (nSPS) is 19.4. The number of hydrogen-bond acceptors (Lipinski definition) is 5. The lowest BCUT2D eigenvalue weighted by Crippen LogP contribution is -2.50. The van der Waals surface area contributed by atoms with Gasteiger partial charge >= 0.3 is 0 Å². The molecule has 0 fully saturated rings. The first kappa shape index (κ1) is 18.5. The highest BCUT2D eigenvalue weighted by molar-refractivity contribution is 6.02. The molecule has 0 spiro atoms. The Morgan fingerprint density at radius 1 is 1.21 bits per heavy atom. The summed E-state index contributed by atoms with van der Waals surface area (Å²) in [7, 11) is 1.55. The van der Waals surface area contributed by atoms with Gasteiger partial charge in [0.05, 0.1) is 12.8 Å². The Morgan fingerprint density at radius 3 is 2.50 bits per heavy atom. The number of oxazole rings is 1. The van der Waals surface area contributed by atoms with Crippen LogP contribution in [0.15, 0.2) is 40.8 Å². The number of benzene rings is 2. The number of fused-ring (bicyclic) bond motifs is 2. The summed E-state index contributed by atoms with van der Waals surface area (Å²) in [6.45, 7) is 8.35. The van der Waals surface area contributed by atoms with Gasteiger partial charge in [-0.2, -0.15) is 0 Å². The molecule has 1 unspecified atom stereocenters. The van der Waals surface area contributed by atoms with Gasteiger partial charge in [-0.05, 0) is 36.0 Å². The molecule has 1 amide bonds. The Bertz CT molecular complexity index is 1060. The fourth-order valence-electron chi connectivity index (χ4n) is 3.67. The molecule has 146 valence electrons. The summed E-state index contributed by atoms with van der Waals surface area (Å²) in [6, 6.07) is 11.7. The maximum atomic E-state index is 13.3. The summed E-state index contributed by atoms with van der Waals surface area (Å²) in [5.41, 5.74) is 2.98. The zero-order chi connectivity index (χ0) is 20.3. The topological polar surface area (TPSA) is 81.6 Å². The van der Waals surface area contributed by atoms with Crippen LogP contribution in [0.25, 0.3) is 11.1 Å². The van der Waals surface area contributed by atoms with E-state index in [9.17, 15) is 4.79 Å². The third-order valence-electron chi connectivity index (χ3n) is 5.48. The van der Waals surface area contributed by atoms with Crippen LogP contribution in [0.4, 0.5) is 5.69 Å². The van der Waals surface area contributed by atoms with E-state index in [4.69, 9.17) is 15.0 Å². The highest BCUT2D eigenvalue weighted by Gasteiger charge is 2.45. The molecule has 2 N–H and O–H groups in total. The van der Waals surface area contributed by atoms with Crippen LogP contribution in [0.2, 0.25) is 0 Å². The van der Waals surface area contributed by atoms with Crippen molar-refractivity contribution in [1.29, 1.82) is 0 Å². The summed E-state index contributed by atoms with van der Waals surface area (Å²) in [4.78, 5) is 17.9. The van der Waals surface area contributed by atoms with Crippen molar-refractivity contribution in [2.45, 2.75) is 44.9 Å². The van der Waals surface area contributed by atoms with Crippen molar-refractivity contribution < 1.29 is 13.9 Å². The molecule has 1 aromatic heterocycles. The maximum absolute atomic E-state index is 13.3. The number of ether oxygens (including phenoxy) is 1. The summed E-state index contributed by atoms with van der Waals surface area (Å²) < 4.78 is 11.4. The molecule has 3 bridgehead atoms. The Labute approximate surface area is 164 Å². The number of hydrogen-bond donors (Lipinski definition) is 1. The predicted octanol–water partition coefficient (Wildman–Crippen LogP) is 3.85. The molecule has 1 aliphatic rings. The zero-order valence-electron chi connectivity index (χ0n) is 16.9. The minimum absolute atomic E-state index is 0.0690. The molecule has 0 saturated carbocycles. The van der Waals surface area contributed by atoms with E-state index in [2.05, 4.69) is 50.0 Å². The maximum Gasteiger partial charge on any atom is 0.256 e. The summed E-state index contributed by atoms with van der Waals surface area (Å²) >= 11 is 0. The number of nitrogens with two attached hydrogens (primary N) is 1. The van der Waals surface area contributed by atoms with E-state index in [1.54, 1.807) is 19.2 Å². The van der Waals surface area contributed by atoms with Crippen molar-refractivity contribution in [3.05, 3.63) is 53.4 Å². The zero-order valence-corrected chi connectivity index (χ0v) is 16.9. The molecule has 0 saturated heterocycles. The lowest BCUT2D eigenvalue weighted by atomic mass is 9.80. The third-order valence-corrected chi connectivity index (χ3v) is 5.48. The lowest BCUT2D eigenvalue weighted by molar-refractivity contribution is -0.124. The summed E-state index contributed by atoms with van der Waals surface area (Å²) in [5.74, 6) is 6.77. The Morgan fingerprint density at radius 2 is 1.89 bits per heavy atom. The summed E-state index contributed by atoms with van der Waals surface area (Å²) in [5, 5.41) is 1.17. The molecule has 1 aliphatic heterocycles. The second kappa shape index (κ2) is 6.07. The van der Waals surface area contributed by atoms with Crippen molar-refractivity contribution in [2.75, 3.05) is 12.1 Å². The predicted molar refractivity (Wildman–Crippen MR) is 108 cm³/mol. The number of aromatic nitrogens is 1. The lowest BCUT2D eigenvalue weighted by Gasteiger charge is -2.30. The van der Waals surface area contributed by atoms with Crippen molar-refractivity contribution in [1.82, 2.24) is 4.98 Å². The van der Waals surface area contributed by atoms with Crippen molar-refractivity contribution in [3.63, 3.8) is 0 Å². The number of carbonyl (C=O) groups excluding carboxylic acids is 1. The molecule has 2 heterocycles. The number of carbonyl (C=O) groups is 1. The fraction of sp³-hybridized carbons (Fsp3) is 0.364. The van der Waals surface area contributed by atoms with Crippen LogP contribution < -0.4 is 15.6 Å². The van der Waals surface area contributed by atoms with Crippen molar-refractivity contribution in [2.24, 2.45) is 5.84 Å². The number of rotatable bonds is 3. The standard InChI is InChI=1S/C22H25N3O3/c1-21(2,3)14-8-6-13(7-9-14)12-22(4)19-24-16-10-15(25(23)20(22)26)11-17(27-5)18(16)28-19/h6-11H,12,23H2,1-5H3. The fourth-order valence-corrected chi connectivity index (χ4v) is 3.67. The second-order valence-electron chi connectivity index (χ2n) is 8.65. The molecule has 1 atom stereocenters. The van der Waals surface area contributed by atoms with Gasteiger partial charge in [-0.15, -0.1) is 0 Å². The van der Waals surface area contributed by atoms with E-state index in [0.29, 0.717) is 34.8 Å². The minimum Gasteiger partial charge on any atom is -0.493 e. The highest BCUT2D eigenvalue weighted by Crippen LogP contribution is 2.40. The van der Waals surface area contributed by atoms with E-state index in [1.807, 2.05) is 6.92 Å². The van der Waals surface area contributed by atoms with Gasteiger partial charge in [-0.1, -0.05) is 45.0 Å². The minimum atomic E-state index is -1.03. The highest BCUT2D eigenvalue weighted by atomic mass is 16.5. The van der Waals surface area contributed by atoms with Gasteiger partial charge in [-0.25, -0.2) is 15.8 Å². The summed E-state index contributed by atoms with van der Waals surface area (Å²) in [6.07, 6.45) is 0.430. The van der Waals surface area contributed by atoms with Crippen molar-refractivity contribution in [3.8, 4) is 5.75 Å². The number of hydrazine groups is 1. The Hall–Kier alpha value is -2.86. The molecule has 4 rings (SSSR count). The van der Waals surface area contributed by atoms with E-state index in [-0.39, 0.29) is 11.3 Å². The molecule has 28 heavy (non-hydrogen) atoms. The average molecular weight is 379 g/mol.